The number of halogens is 3. The first-order valence-corrected chi connectivity index (χ1v) is 13.2. The van der Waals surface area contributed by atoms with E-state index >= 15 is 0 Å². The Labute approximate surface area is 234 Å². The lowest BCUT2D eigenvalue weighted by atomic mass is 10.1. The van der Waals surface area contributed by atoms with Crippen molar-refractivity contribution in [1.29, 1.82) is 0 Å². The maximum atomic E-state index is 13.5. The summed E-state index contributed by atoms with van der Waals surface area (Å²) in [6.07, 6.45) is -2.68. The van der Waals surface area contributed by atoms with Gasteiger partial charge >= 0.3 is 12.1 Å². The molecule has 1 fully saturated rings. The number of carbonyl (C=O) groups is 1. The van der Waals surface area contributed by atoms with Crippen LogP contribution in [0, 0.1) is 13.8 Å². The molecule has 1 atom stereocenters. The third-order valence-corrected chi connectivity index (χ3v) is 7.40. The number of rotatable bonds is 6. The van der Waals surface area contributed by atoms with E-state index in [9.17, 15) is 27.9 Å². The lowest BCUT2D eigenvalue weighted by Gasteiger charge is -2.37. The van der Waals surface area contributed by atoms with E-state index in [1.165, 1.54) is 16.5 Å². The van der Waals surface area contributed by atoms with Crippen LogP contribution in [0.15, 0.2) is 65.6 Å². The Morgan fingerprint density at radius 1 is 1.00 bits per heavy atom. The topological polar surface area (TPSA) is 90.2 Å². The number of nitrogens with one attached hydrogen (secondary N) is 1. The number of aryl methyl sites for hydroxylation is 1. The second-order valence-corrected chi connectivity index (χ2v) is 10.3. The summed E-state index contributed by atoms with van der Waals surface area (Å²) in [5.41, 5.74) is 2.69. The fourth-order valence-corrected chi connectivity index (χ4v) is 5.27. The minimum absolute atomic E-state index is 0.136. The summed E-state index contributed by atoms with van der Waals surface area (Å²) in [5.74, 6) is -0.520. The quantitative estimate of drug-likeness (QED) is 0.318. The number of aromatic carboxylic acids is 1. The summed E-state index contributed by atoms with van der Waals surface area (Å²) >= 11 is 0. The number of hydrogen-bond acceptors (Lipinski definition) is 6. The largest absolute Gasteiger partial charge is 0.478 e. The highest BCUT2D eigenvalue weighted by Gasteiger charge is 2.31. The minimum Gasteiger partial charge on any atom is -0.478 e. The van der Waals surface area contributed by atoms with Crippen LogP contribution >= 0.6 is 0 Å². The molecule has 0 aliphatic carbocycles. The third-order valence-electron chi connectivity index (χ3n) is 7.40. The SMILES string of the molecule is Cc1cc([C@@H](C)Nc2ccccc2C(=O)O)c2nc(N3CCN(c4cccc(C(F)(F)F)c4)CC3)c(C)c(=O)n2c1. The molecule has 2 aromatic carbocycles. The Morgan fingerprint density at radius 2 is 1.68 bits per heavy atom. The van der Waals surface area contributed by atoms with Crippen molar-refractivity contribution in [3.8, 4) is 0 Å². The van der Waals surface area contributed by atoms with Crippen molar-refractivity contribution in [3.63, 3.8) is 0 Å². The maximum Gasteiger partial charge on any atom is 0.416 e. The molecule has 214 valence electrons. The highest BCUT2D eigenvalue weighted by atomic mass is 19.4. The molecule has 4 aromatic rings. The molecule has 1 aliphatic heterocycles. The molecule has 1 saturated heterocycles. The number of benzene rings is 2. The second-order valence-electron chi connectivity index (χ2n) is 10.3. The van der Waals surface area contributed by atoms with Gasteiger partial charge in [-0.25, -0.2) is 9.78 Å². The predicted molar refractivity (Wildman–Crippen MR) is 152 cm³/mol. The highest BCUT2D eigenvalue weighted by molar-refractivity contribution is 5.94. The molecule has 2 N–H and O–H groups in total. The van der Waals surface area contributed by atoms with Gasteiger partial charge < -0.3 is 20.2 Å². The van der Waals surface area contributed by atoms with Gasteiger partial charge in [0.05, 0.1) is 22.7 Å². The molecule has 0 radical (unpaired) electrons. The van der Waals surface area contributed by atoms with Gasteiger partial charge in [0, 0.05) is 49.3 Å². The zero-order chi connectivity index (χ0) is 29.5. The Morgan fingerprint density at radius 3 is 2.37 bits per heavy atom. The average molecular weight is 566 g/mol. The van der Waals surface area contributed by atoms with Gasteiger partial charge in [0.2, 0.25) is 0 Å². The first-order valence-electron chi connectivity index (χ1n) is 13.2. The van der Waals surface area contributed by atoms with Crippen molar-refractivity contribution in [2.24, 2.45) is 0 Å². The predicted octanol–water partition coefficient (Wildman–Crippen LogP) is 5.53. The molecule has 5 rings (SSSR count). The number of pyridine rings is 1. The number of nitrogens with zero attached hydrogens (tertiary/aromatic N) is 4. The van der Waals surface area contributed by atoms with Crippen LogP contribution in [0.5, 0.6) is 0 Å². The number of hydrogen-bond donors (Lipinski definition) is 2. The lowest BCUT2D eigenvalue weighted by Crippen LogP contribution is -2.47. The molecule has 0 saturated carbocycles. The summed E-state index contributed by atoms with van der Waals surface area (Å²) in [6.45, 7) is 7.36. The number of anilines is 3. The van der Waals surface area contributed by atoms with Crippen molar-refractivity contribution in [2.75, 3.05) is 41.3 Å². The van der Waals surface area contributed by atoms with E-state index in [4.69, 9.17) is 4.98 Å². The molecule has 0 unspecified atom stereocenters. The van der Waals surface area contributed by atoms with Crippen LogP contribution in [0.2, 0.25) is 0 Å². The van der Waals surface area contributed by atoms with Crippen LogP contribution in [-0.2, 0) is 6.18 Å². The number of carboxylic acid groups (broad SMARTS) is 1. The van der Waals surface area contributed by atoms with Crippen molar-refractivity contribution >= 4 is 28.8 Å². The Hall–Kier alpha value is -4.54. The number of piperazine rings is 1. The van der Waals surface area contributed by atoms with Gasteiger partial charge in [-0.3, -0.25) is 9.20 Å². The van der Waals surface area contributed by atoms with Crippen molar-refractivity contribution in [2.45, 2.75) is 33.0 Å². The van der Waals surface area contributed by atoms with Crippen LogP contribution in [-0.4, -0.2) is 46.6 Å². The molecular weight excluding hydrogens is 535 g/mol. The molecule has 0 bridgehead atoms. The number of aromatic nitrogens is 2. The zero-order valence-electron chi connectivity index (χ0n) is 22.9. The summed E-state index contributed by atoms with van der Waals surface area (Å²) < 4.78 is 41.2. The van der Waals surface area contributed by atoms with Gasteiger partial charge in [-0.15, -0.1) is 0 Å². The van der Waals surface area contributed by atoms with Gasteiger partial charge in [0.15, 0.2) is 0 Å². The van der Waals surface area contributed by atoms with E-state index in [1.54, 1.807) is 37.4 Å². The van der Waals surface area contributed by atoms with E-state index in [2.05, 4.69) is 5.32 Å². The minimum atomic E-state index is -4.41. The van der Waals surface area contributed by atoms with Gasteiger partial charge in [-0.1, -0.05) is 18.2 Å². The monoisotopic (exact) mass is 565 g/mol. The van der Waals surface area contributed by atoms with Crippen LogP contribution < -0.4 is 20.7 Å². The van der Waals surface area contributed by atoms with Gasteiger partial charge in [-0.05, 0) is 62.7 Å². The Kier molecular flexibility index (Phi) is 7.37. The first-order chi connectivity index (χ1) is 19.4. The smallest absolute Gasteiger partial charge is 0.416 e. The molecule has 0 amide bonds. The first kappa shape index (κ1) is 28.0. The van der Waals surface area contributed by atoms with Crippen LogP contribution in [0.1, 0.15) is 45.6 Å². The van der Waals surface area contributed by atoms with Gasteiger partial charge in [-0.2, -0.15) is 13.2 Å². The molecular formula is C30H30F3N5O3. The number of fused-ring (bicyclic) bond motifs is 1. The van der Waals surface area contributed by atoms with Crippen LogP contribution in [0.25, 0.3) is 5.65 Å². The van der Waals surface area contributed by atoms with Crippen molar-refractivity contribution in [1.82, 2.24) is 9.38 Å². The summed E-state index contributed by atoms with van der Waals surface area (Å²) in [4.78, 5) is 34.1. The number of carboxylic acids is 1. The van der Waals surface area contributed by atoms with E-state index in [0.717, 1.165) is 23.3 Å². The van der Waals surface area contributed by atoms with Crippen LogP contribution in [0.4, 0.5) is 30.4 Å². The second kappa shape index (κ2) is 10.8. The van der Waals surface area contributed by atoms with Crippen molar-refractivity contribution < 1.29 is 23.1 Å². The number of alkyl halides is 3. The average Bonchev–Trinajstić information content (AvgIpc) is 2.94. The lowest BCUT2D eigenvalue weighted by molar-refractivity contribution is -0.137. The molecule has 0 spiro atoms. The molecule has 1 aliphatic rings. The Bertz CT molecular complexity index is 1680. The molecule has 8 nitrogen and oxygen atoms in total. The summed E-state index contributed by atoms with van der Waals surface area (Å²) in [6, 6.07) is 13.5. The van der Waals surface area contributed by atoms with Crippen molar-refractivity contribution in [3.05, 3.63) is 99.0 Å². The Balaban J connectivity index is 1.46. The normalized spacial score (nSPS) is 14.8. The van der Waals surface area contributed by atoms with E-state index in [0.29, 0.717) is 54.6 Å². The van der Waals surface area contributed by atoms with Gasteiger partial charge in [0.1, 0.15) is 11.5 Å². The molecule has 2 aromatic heterocycles. The fourth-order valence-electron chi connectivity index (χ4n) is 5.27. The molecule has 41 heavy (non-hydrogen) atoms. The van der Waals surface area contributed by atoms with E-state index in [-0.39, 0.29) is 17.2 Å². The van der Waals surface area contributed by atoms with Gasteiger partial charge in [0.25, 0.3) is 5.56 Å². The summed E-state index contributed by atoms with van der Waals surface area (Å²) in [5, 5.41) is 12.9. The highest BCUT2D eigenvalue weighted by Crippen LogP contribution is 2.32. The molecule has 11 heteroatoms. The van der Waals surface area contributed by atoms with E-state index < -0.39 is 17.7 Å². The third kappa shape index (κ3) is 5.57. The summed E-state index contributed by atoms with van der Waals surface area (Å²) in [7, 11) is 0. The van der Waals surface area contributed by atoms with Crippen LogP contribution in [0.3, 0.4) is 0 Å². The fraction of sp³-hybridized carbons (Fsp3) is 0.300. The standard InChI is InChI=1S/C30H30F3N5O3/c1-18-15-24(20(3)34-25-10-5-4-9-23(25)29(40)41)27-35-26(19(2)28(39)38(27)17-18)37-13-11-36(12-14-37)22-8-6-7-21(16-22)30(31,32)33/h4-10,15-17,20,34H,11-14H2,1-3H3,(H,40,41)/t20-/m1/s1. The molecule has 3 heterocycles. The van der Waals surface area contributed by atoms with E-state index in [1.807, 2.05) is 29.7 Å². The maximum absolute atomic E-state index is 13.5. The zero-order valence-corrected chi connectivity index (χ0v) is 22.9. The number of para-hydroxylation sites is 1.